The van der Waals surface area contributed by atoms with Crippen LogP contribution in [0.5, 0.6) is 0 Å². The third kappa shape index (κ3) is 3.35. The quantitative estimate of drug-likeness (QED) is 0.714. The average Bonchev–Trinajstić information content (AvgIpc) is 2.33. The first kappa shape index (κ1) is 15.4. The van der Waals surface area contributed by atoms with Gasteiger partial charge in [0.2, 0.25) is 0 Å². The third-order valence-corrected chi connectivity index (χ3v) is 3.72. The predicted molar refractivity (Wildman–Crippen MR) is 79.9 cm³/mol. The molecule has 106 valence electrons. The average molecular weight is 337 g/mol. The van der Waals surface area contributed by atoms with E-state index in [1.807, 2.05) is 6.92 Å². The molecule has 1 unspecified atom stereocenters. The van der Waals surface area contributed by atoms with Crippen LogP contribution in [-0.4, -0.2) is 0 Å². The summed E-state index contributed by atoms with van der Waals surface area (Å²) in [5.41, 5.74) is 1.09. The van der Waals surface area contributed by atoms with Crippen molar-refractivity contribution < 1.29 is 8.78 Å². The van der Waals surface area contributed by atoms with E-state index >= 15 is 0 Å². The van der Waals surface area contributed by atoms with E-state index in [0.717, 1.165) is 12.1 Å². The van der Waals surface area contributed by atoms with Crippen molar-refractivity contribution in [3.63, 3.8) is 0 Å². The van der Waals surface area contributed by atoms with Gasteiger partial charge < -0.3 is 5.32 Å². The Kier molecular flexibility index (Phi) is 4.74. The lowest BCUT2D eigenvalue weighted by Gasteiger charge is -2.19. The van der Waals surface area contributed by atoms with Crippen LogP contribution in [0, 0.1) is 11.6 Å². The highest BCUT2D eigenvalue weighted by molar-refractivity contribution is 6.39. The smallest absolute Gasteiger partial charge is 0.126 e. The van der Waals surface area contributed by atoms with Crippen molar-refractivity contribution >= 4 is 40.5 Å². The molecule has 0 saturated heterocycles. The fourth-order valence-corrected chi connectivity index (χ4v) is 2.73. The van der Waals surface area contributed by atoms with Gasteiger partial charge in [-0.1, -0.05) is 40.9 Å². The predicted octanol–water partition coefficient (Wildman–Crippen LogP) is 6.10. The molecule has 1 N–H and O–H groups in total. The number of halogens is 5. The highest BCUT2D eigenvalue weighted by atomic mass is 35.5. The van der Waals surface area contributed by atoms with Gasteiger partial charge in [0.25, 0.3) is 0 Å². The fraction of sp³-hybridized carbons (Fsp3) is 0.143. The topological polar surface area (TPSA) is 12.0 Å². The Morgan fingerprint density at radius 3 is 2.00 bits per heavy atom. The molecule has 1 atom stereocenters. The van der Waals surface area contributed by atoms with Crippen molar-refractivity contribution in [3.8, 4) is 0 Å². The number of nitrogens with one attached hydrogen (secondary N) is 1. The molecule has 0 aliphatic carbocycles. The zero-order valence-corrected chi connectivity index (χ0v) is 12.6. The first-order chi connectivity index (χ1) is 9.38. The standard InChI is InChI=1S/C14H10Cl3F2N/c1-7(10-3-2-8(18)4-11(10)15)20-14-12(16)5-9(19)6-13(14)17/h2-7,20H,1H3. The molecule has 2 rings (SSSR count). The van der Waals surface area contributed by atoms with Crippen LogP contribution in [0.1, 0.15) is 18.5 Å². The van der Waals surface area contributed by atoms with Crippen LogP contribution in [0.25, 0.3) is 0 Å². The normalized spacial score (nSPS) is 12.3. The van der Waals surface area contributed by atoms with Crippen molar-refractivity contribution in [1.82, 2.24) is 0 Å². The maximum atomic E-state index is 13.1. The Balaban J connectivity index is 2.30. The van der Waals surface area contributed by atoms with Gasteiger partial charge in [0, 0.05) is 5.02 Å². The molecule has 6 heteroatoms. The van der Waals surface area contributed by atoms with E-state index in [1.165, 1.54) is 12.1 Å². The Morgan fingerprint density at radius 1 is 0.900 bits per heavy atom. The number of hydrogen-bond donors (Lipinski definition) is 1. The third-order valence-electron chi connectivity index (χ3n) is 2.80. The number of benzene rings is 2. The van der Waals surface area contributed by atoms with Crippen molar-refractivity contribution in [1.29, 1.82) is 0 Å². The maximum Gasteiger partial charge on any atom is 0.126 e. The molecule has 0 bridgehead atoms. The summed E-state index contributed by atoms with van der Waals surface area (Å²) in [5, 5.41) is 3.67. The molecule has 2 aromatic rings. The highest BCUT2D eigenvalue weighted by Gasteiger charge is 2.15. The summed E-state index contributed by atoms with van der Waals surface area (Å²) in [5.74, 6) is -0.929. The maximum absolute atomic E-state index is 13.1. The van der Waals surface area contributed by atoms with E-state index in [4.69, 9.17) is 34.8 Å². The van der Waals surface area contributed by atoms with Crippen molar-refractivity contribution in [3.05, 3.63) is 62.6 Å². The minimum absolute atomic E-state index is 0.167. The Labute approximate surface area is 130 Å². The number of hydrogen-bond acceptors (Lipinski definition) is 1. The second-order valence-corrected chi connectivity index (χ2v) is 5.50. The van der Waals surface area contributed by atoms with Crippen molar-refractivity contribution in [2.75, 3.05) is 5.32 Å². The first-order valence-corrected chi connectivity index (χ1v) is 6.88. The lowest BCUT2D eigenvalue weighted by molar-refractivity contribution is 0.626. The van der Waals surface area contributed by atoms with Crippen LogP contribution in [0.4, 0.5) is 14.5 Å². The largest absolute Gasteiger partial charge is 0.376 e. The van der Waals surface area contributed by atoms with Crippen molar-refractivity contribution in [2.24, 2.45) is 0 Å². The van der Waals surface area contributed by atoms with Crippen LogP contribution in [0.2, 0.25) is 15.1 Å². The van der Waals surface area contributed by atoms with Crippen LogP contribution >= 0.6 is 34.8 Å². The zero-order chi connectivity index (χ0) is 14.9. The van der Waals surface area contributed by atoms with E-state index in [-0.39, 0.29) is 16.1 Å². The molecule has 0 saturated carbocycles. The summed E-state index contributed by atoms with van der Waals surface area (Å²) in [6, 6.07) is 6.16. The molecule has 2 aromatic carbocycles. The van der Waals surface area contributed by atoms with Crippen LogP contribution in [0.15, 0.2) is 30.3 Å². The minimum Gasteiger partial charge on any atom is -0.376 e. The van der Waals surface area contributed by atoms with Crippen LogP contribution < -0.4 is 5.32 Å². The Hall–Kier alpha value is -1.03. The molecule has 0 aliphatic heterocycles. The van der Waals surface area contributed by atoms with Gasteiger partial charge in [0.05, 0.1) is 21.8 Å². The molecular weight excluding hydrogens is 327 g/mol. The first-order valence-electron chi connectivity index (χ1n) is 5.74. The molecule has 0 heterocycles. The van der Waals surface area contributed by atoms with Gasteiger partial charge in [-0.2, -0.15) is 0 Å². The van der Waals surface area contributed by atoms with E-state index in [9.17, 15) is 8.78 Å². The van der Waals surface area contributed by atoms with Gasteiger partial charge >= 0.3 is 0 Å². The van der Waals surface area contributed by atoms with Crippen LogP contribution in [-0.2, 0) is 0 Å². The molecule has 20 heavy (non-hydrogen) atoms. The van der Waals surface area contributed by atoms with E-state index in [1.54, 1.807) is 6.07 Å². The highest BCUT2D eigenvalue weighted by Crippen LogP contribution is 2.35. The van der Waals surface area contributed by atoms with Gasteiger partial charge in [-0.15, -0.1) is 0 Å². The van der Waals surface area contributed by atoms with Gasteiger partial charge in [-0.05, 0) is 36.8 Å². The van der Waals surface area contributed by atoms with Gasteiger partial charge in [0.15, 0.2) is 0 Å². The lowest BCUT2D eigenvalue weighted by atomic mass is 10.1. The zero-order valence-electron chi connectivity index (χ0n) is 10.4. The Morgan fingerprint density at radius 2 is 1.45 bits per heavy atom. The summed E-state index contributed by atoms with van der Waals surface area (Å²) < 4.78 is 26.1. The summed E-state index contributed by atoms with van der Waals surface area (Å²) in [6.45, 7) is 1.81. The van der Waals surface area contributed by atoms with E-state index in [0.29, 0.717) is 16.3 Å². The lowest BCUT2D eigenvalue weighted by Crippen LogP contribution is -2.08. The summed E-state index contributed by atoms with van der Waals surface area (Å²) in [4.78, 5) is 0. The summed E-state index contributed by atoms with van der Waals surface area (Å²) >= 11 is 17.9. The summed E-state index contributed by atoms with van der Waals surface area (Å²) in [6.07, 6.45) is 0. The molecule has 0 aromatic heterocycles. The van der Waals surface area contributed by atoms with E-state index < -0.39 is 11.6 Å². The molecule has 1 nitrogen and oxygen atoms in total. The molecule has 0 amide bonds. The van der Waals surface area contributed by atoms with E-state index in [2.05, 4.69) is 5.32 Å². The molecular formula is C14H10Cl3F2N. The van der Waals surface area contributed by atoms with Gasteiger partial charge in [-0.3, -0.25) is 0 Å². The second-order valence-electron chi connectivity index (χ2n) is 4.28. The van der Waals surface area contributed by atoms with Gasteiger partial charge in [0.1, 0.15) is 11.6 Å². The molecule has 0 spiro atoms. The minimum atomic E-state index is -0.516. The molecule has 0 fully saturated rings. The molecule has 0 aliphatic rings. The number of anilines is 1. The SMILES string of the molecule is CC(Nc1c(Cl)cc(F)cc1Cl)c1ccc(F)cc1Cl. The summed E-state index contributed by atoms with van der Waals surface area (Å²) in [7, 11) is 0. The number of rotatable bonds is 3. The second kappa shape index (κ2) is 6.17. The Bertz CT molecular complexity index is 623. The molecule has 0 radical (unpaired) electrons. The van der Waals surface area contributed by atoms with Gasteiger partial charge in [-0.25, -0.2) is 8.78 Å². The van der Waals surface area contributed by atoms with Crippen LogP contribution in [0.3, 0.4) is 0 Å². The van der Waals surface area contributed by atoms with Crippen molar-refractivity contribution in [2.45, 2.75) is 13.0 Å². The monoisotopic (exact) mass is 335 g/mol. The fourth-order valence-electron chi connectivity index (χ4n) is 1.83.